The number of nitrogens with zero attached hydrogens (tertiary/aromatic N) is 5. The van der Waals surface area contributed by atoms with E-state index in [1.54, 1.807) is 16.8 Å². The third-order valence-corrected chi connectivity index (χ3v) is 3.90. The first-order chi connectivity index (χ1) is 11.7. The number of imidazole rings is 1. The van der Waals surface area contributed by atoms with E-state index in [2.05, 4.69) is 26.3 Å². The van der Waals surface area contributed by atoms with Crippen LogP contribution in [0.25, 0.3) is 22.3 Å². The van der Waals surface area contributed by atoms with Crippen LogP contribution in [0, 0.1) is 18.3 Å². The van der Waals surface area contributed by atoms with E-state index in [1.807, 2.05) is 43.5 Å². The van der Waals surface area contributed by atoms with Gasteiger partial charge in [0.25, 0.3) is 0 Å². The van der Waals surface area contributed by atoms with E-state index in [0.717, 1.165) is 33.7 Å². The van der Waals surface area contributed by atoms with Crippen LogP contribution in [0.2, 0.25) is 0 Å². The first kappa shape index (κ1) is 14.2. The predicted octanol–water partition coefficient (Wildman–Crippen LogP) is 3.05. The molecule has 116 valence electrons. The van der Waals surface area contributed by atoms with Gasteiger partial charge in [-0.2, -0.15) is 5.26 Å². The van der Waals surface area contributed by atoms with Gasteiger partial charge in [0.05, 0.1) is 28.9 Å². The van der Waals surface area contributed by atoms with Crippen LogP contribution in [0.1, 0.15) is 17.0 Å². The molecule has 0 amide bonds. The second kappa shape index (κ2) is 5.63. The lowest BCUT2D eigenvalue weighted by atomic mass is 10.1. The minimum atomic E-state index is 0.513. The molecule has 0 aliphatic heterocycles. The van der Waals surface area contributed by atoms with Crippen molar-refractivity contribution in [3.63, 3.8) is 0 Å². The summed E-state index contributed by atoms with van der Waals surface area (Å²) in [5.74, 6) is 0.835. The molecule has 0 aliphatic rings. The molecule has 0 bridgehead atoms. The number of para-hydroxylation sites is 1. The Morgan fingerprint density at radius 1 is 1.21 bits per heavy atom. The van der Waals surface area contributed by atoms with Crippen molar-refractivity contribution in [1.82, 2.24) is 25.0 Å². The number of H-pyrrole nitrogens is 1. The van der Waals surface area contributed by atoms with Gasteiger partial charge in [-0.1, -0.05) is 29.5 Å². The van der Waals surface area contributed by atoms with Crippen molar-refractivity contribution in [3.8, 4) is 17.3 Å². The van der Waals surface area contributed by atoms with Gasteiger partial charge in [0.1, 0.15) is 18.1 Å². The van der Waals surface area contributed by atoms with Gasteiger partial charge in [-0.25, -0.2) is 9.67 Å². The van der Waals surface area contributed by atoms with E-state index in [1.165, 1.54) is 0 Å². The molecule has 1 N–H and O–H groups in total. The van der Waals surface area contributed by atoms with Crippen LogP contribution < -0.4 is 0 Å². The summed E-state index contributed by atoms with van der Waals surface area (Å²) in [6.45, 7) is 2.56. The van der Waals surface area contributed by atoms with Crippen molar-refractivity contribution >= 4 is 11.0 Å². The van der Waals surface area contributed by atoms with Crippen molar-refractivity contribution < 1.29 is 0 Å². The molecule has 2 aromatic carbocycles. The van der Waals surface area contributed by atoms with Gasteiger partial charge in [-0.15, -0.1) is 5.10 Å². The fourth-order valence-electron chi connectivity index (χ4n) is 2.71. The average Bonchev–Trinajstić information content (AvgIpc) is 3.23. The zero-order valence-corrected chi connectivity index (χ0v) is 13.1. The number of nitriles is 1. The van der Waals surface area contributed by atoms with Crippen LogP contribution in [0.3, 0.4) is 0 Å². The zero-order chi connectivity index (χ0) is 16.5. The zero-order valence-electron chi connectivity index (χ0n) is 13.1. The molecule has 0 aliphatic carbocycles. The Balaban J connectivity index is 1.62. The molecule has 4 aromatic rings. The number of rotatable bonds is 3. The molecule has 24 heavy (non-hydrogen) atoms. The number of hydrogen-bond donors (Lipinski definition) is 1. The summed E-state index contributed by atoms with van der Waals surface area (Å²) in [6.07, 6.45) is 1.86. The Morgan fingerprint density at radius 2 is 2.08 bits per heavy atom. The fraction of sp³-hybridized carbons (Fsp3) is 0.111. The highest BCUT2D eigenvalue weighted by Gasteiger charge is 2.08. The minimum Gasteiger partial charge on any atom is -0.340 e. The van der Waals surface area contributed by atoms with E-state index < -0.39 is 0 Å². The molecule has 0 atom stereocenters. The van der Waals surface area contributed by atoms with Crippen LogP contribution in [0.5, 0.6) is 0 Å². The van der Waals surface area contributed by atoms with Gasteiger partial charge >= 0.3 is 0 Å². The molecule has 0 radical (unpaired) electrons. The number of fused-ring (bicyclic) bond motifs is 1. The molecule has 2 heterocycles. The number of hydrogen-bond acceptors (Lipinski definition) is 4. The Bertz CT molecular complexity index is 1070. The summed E-state index contributed by atoms with van der Waals surface area (Å²) >= 11 is 0. The van der Waals surface area contributed by atoms with Crippen molar-refractivity contribution in [3.05, 3.63) is 65.6 Å². The summed E-state index contributed by atoms with van der Waals surface area (Å²) in [6, 6.07) is 15.5. The third kappa shape index (κ3) is 2.52. The first-order valence-electron chi connectivity index (χ1n) is 7.58. The standard InChI is InChI=1S/C18H14N6/c1-12-4-2-7-15-18(12)21-17(20-15)11-24-10-16(22-23-24)14-6-3-5-13(8-14)9-19/h2-8,10H,11H2,1H3,(H,20,21). The number of aryl methyl sites for hydroxylation is 1. The number of nitrogens with one attached hydrogen (secondary N) is 1. The molecule has 0 saturated heterocycles. The van der Waals surface area contributed by atoms with Gasteiger partial charge in [0, 0.05) is 5.56 Å². The largest absolute Gasteiger partial charge is 0.340 e. The molecular weight excluding hydrogens is 300 g/mol. The van der Waals surface area contributed by atoms with E-state index in [4.69, 9.17) is 5.26 Å². The number of aromatic amines is 1. The van der Waals surface area contributed by atoms with Crippen LogP contribution in [0.4, 0.5) is 0 Å². The maximum absolute atomic E-state index is 9.00. The molecule has 0 fully saturated rings. The lowest BCUT2D eigenvalue weighted by molar-refractivity contribution is 0.631. The smallest absolute Gasteiger partial charge is 0.129 e. The normalized spacial score (nSPS) is 10.8. The Labute approximate surface area is 138 Å². The summed E-state index contributed by atoms with van der Waals surface area (Å²) in [5.41, 5.74) is 5.36. The summed E-state index contributed by atoms with van der Waals surface area (Å²) in [7, 11) is 0. The van der Waals surface area contributed by atoms with Crippen molar-refractivity contribution in [1.29, 1.82) is 5.26 Å². The monoisotopic (exact) mass is 314 g/mol. The molecule has 6 heteroatoms. The maximum Gasteiger partial charge on any atom is 0.129 e. The molecule has 0 unspecified atom stereocenters. The molecule has 0 saturated carbocycles. The van der Waals surface area contributed by atoms with Gasteiger partial charge < -0.3 is 4.98 Å². The maximum atomic E-state index is 9.00. The highest BCUT2D eigenvalue weighted by Crippen LogP contribution is 2.19. The Hall–Kier alpha value is -3.46. The highest BCUT2D eigenvalue weighted by atomic mass is 15.4. The van der Waals surface area contributed by atoms with E-state index in [9.17, 15) is 0 Å². The van der Waals surface area contributed by atoms with Crippen molar-refractivity contribution in [2.24, 2.45) is 0 Å². The van der Waals surface area contributed by atoms with E-state index in [0.29, 0.717) is 12.1 Å². The van der Waals surface area contributed by atoms with Gasteiger partial charge in [0.2, 0.25) is 0 Å². The predicted molar refractivity (Wildman–Crippen MR) is 90.1 cm³/mol. The fourth-order valence-corrected chi connectivity index (χ4v) is 2.71. The van der Waals surface area contributed by atoms with Crippen LogP contribution >= 0.6 is 0 Å². The van der Waals surface area contributed by atoms with Gasteiger partial charge in [-0.05, 0) is 30.7 Å². The summed E-state index contributed by atoms with van der Waals surface area (Å²) in [4.78, 5) is 7.94. The van der Waals surface area contributed by atoms with Crippen LogP contribution in [-0.2, 0) is 6.54 Å². The quantitative estimate of drug-likeness (QED) is 0.630. The molecular formula is C18H14N6. The van der Waals surface area contributed by atoms with Gasteiger partial charge in [0.15, 0.2) is 0 Å². The lowest BCUT2D eigenvalue weighted by Crippen LogP contribution is -2.02. The highest BCUT2D eigenvalue weighted by molar-refractivity contribution is 5.78. The Kier molecular flexibility index (Phi) is 3.32. The van der Waals surface area contributed by atoms with Crippen LogP contribution in [-0.4, -0.2) is 25.0 Å². The minimum absolute atomic E-state index is 0.513. The molecule has 0 spiro atoms. The first-order valence-corrected chi connectivity index (χ1v) is 7.58. The second-order valence-electron chi connectivity index (χ2n) is 5.65. The van der Waals surface area contributed by atoms with Crippen molar-refractivity contribution in [2.75, 3.05) is 0 Å². The molecule has 4 rings (SSSR count). The van der Waals surface area contributed by atoms with E-state index >= 15 is 0 Å². The lowest BCUT2D eigenvalue weighted by Gasteiger charge is -1.96. The summed E-state index contributed by atoms with van der Waals surface area (Å²) in [5, 5.41) is 17.3. The van der Waals surface area contributed by atoms with Gasteiger partial charge in [-0.3, -0.25) is 0 Å². The second-order valence-corrected chi connectivity index (χ2v) is 5.65. The number of benzene rings is 2. The topological polar surface area (TPSA) is 83.2 Å². The van der Waals surface area contributed by atoms with Crippen molar-refractivity contribution in [2.45, 2.75) is 13.5 Å². The molecule has 2 aromatic heterocycles. The SMILES string of the molecule is Cc1cccc2[nH]c(Cn3cc(-c4cccc(C#N)c4)nn3)nc12. The Morgan fingerprint density at radius 3 is 2.92 bits per heavy atom. The average molecular weight is 314 g/mol. The number of aromatic nitrogens is 5. The third-order valence-electron chi connectivity index (χ3n) is 3.90. The van der Waals surface area contributed by atoms with Crippen LogP contribution in [0.15, 0.2) is 48.7 Å². The summed E-state index contributed by atoms with van der Waals surface area (Å²) < 4.78 is 1.74. The molecule has 6 nitrogen and oxygen atoms in total. The van der Waals surface area contributed by atoms with E-state index in [-0.39, 0.29) is 0 Å².